The second-order valence-electron chi connectivity index (χ2n) is 6.84. The van der Waals surface area contributed by atoms with Crippen molar-refractivity contribution in [2.75, 3.05) is 23.8 Å². The first kappa shape index (κ1) is 20.3. The van der Waals surface area contributed by atoms with Gasteiger partial charge in [0.1, 0.15) is 11.4 Å². The second kappa shape index (κ2) is 9.68. The fourth-order valence-electron chi connectivity index (χ4n) is 2.80. The lowest BCUT2D eigenvalue weighted by Crippen LogP contribution is -2.23. The minimum atomic E-state index is -0.301. The molecule has 29 heavy (non-hydrogen) atoms. The molecule has 0 aliphatic carbocycles. The van der Waals surface area contributed by atoms with Gasteiger partial charge in [-0.25, -0.2) is 9.97 Å². The van der Waals surface area contributed by atoms with Crippen LogP contribution in [0.25, 0.3) is 0 Å². The number of unbranched alkanes of at least 4 members (excludes halogenated alkanes) is 1. The summed E-state index contributed by atoms with van der Waals surface area (Å²) in [4.78, 5) is 23.8. The van der Waals surface area contributed by atoms with Crippen molar-refractivity contribution in [1.82, 2.24) is 9.97 Å². The van der Waals surface area contributed by atoms with Gasteiger partial charge in [0.05, 0.1) is 5.69 Å². The highest BCUT2D eigenvalue weighted by molar-refractivity contribution is 6.03. The maximum Gasteiger partial charge on any atom is 0.274 e. The van der Waals surface area contributed by atoms with Crippen LogP contribution < -0.4 is 15.0 Å². The molecule has 1 N–H and O–H groups in total. The molecule has 0 radical (unpaired) electrons. The van der Waals surface area contributed by atoms with E-state index in [1.165, 1.54) is 0 Å². The molecule has 150 valence electrons. The lowest BCUT2D eigenvalue weighted by atomic mass is 10.2. The first-order chi connectivity index (χ1) is 14.1. The van der Waals surface area contributed by atoms with Crippen LogP contribution in [-0.4, -0.2) is 29.5 Å². The van der Waals surface area contributed by atoms with E-state index < -0.39 is 0 Å². The Balaban J connectivity index is 1.79. The number of nitrogens with zero attached hydrogens (tertiary/aromatic N) is 3. The normalized spacial score (nSPS) is 10.4. The Morgan fingerprint density at radius 2 is 1.79 bits per heavy atom. The SMILES string of the molecule is CCCCN(C)c1nc(C)cc(C(=O)Nc2ccccc2Oc2ccccc2)n1. The summed E-state index contributed by atoms with van der Waals surface area (Å²) >= 11 is 0. The molecule has 6 nitrogen and oxygen atoms in total. The van der Waals surface area contributed by atoms with Crippen molar-refractivity contribution in [2.24, 2.45) is 0 Å². The van der Waals surface area contributed by atoms with E-state index in [0.29, 0.717) is 28.8 Å². The molecule has 1 amide bonds. The summed E-state index contributed by atoms with van der Waals surface area (Å²) in [6.45, 7) is 4.84. The molecular formula is C23H26N4O2. The van der Waals surface area contributed by atoms with Crippen molar-refractivity contribution in [1.29, 1.82) is 0 Å². The number of hydrogen-bond acceptors (Lipinski definition) is 5. The van der Waals surface area contributed by atoms with Crippen molar-refractivity contribution in [3.8, 4) is 11.5 Å². The van der Waals surface area contributed by atoms with Gasteiger partial charge in [0.25, 0.3) is 5.91 Å². The average Bonchev–Trinajstić information content (AvgIpc) is 2.73. The molecule has 2 aromatic carbocycles. The Kier molecular flexibility index (Phi) is 6.79. The molecule has 0 fully saturated rings. The van der Waals surface area contributed by atoms with Gasteiger partial charge >= 0.3 is 0 Å². The predicted octanol–water partition coefficient (Wildman–Crippen LogP) is 5.07. The Morgan fingerprint density at radius 1 is 1.07 bits per heavy atom. The van der Waals surface area contributed by atoms with Crippen LogP contribution in [0.1, 0.15) is 35.9 Å². The van der Waals surface area contributed by atoms with Crippen LogP contribution in [0, 0.1) is 6.92 Å². The summed E-state index contributed by atoms with van der Waals surface area (Å²) in [5.74, 6) is 1.52. The molecule has 0 aliphatic rings. The Bertz CT molecular complexity index is 960. The van der Waals surface area contributed by atoms with Gasteiger partial charge in [0.2, 0.25) is 5.95 Å². The highest BCUT2D eigenvalue weighted by Gasteiger charge is 2.15. The van der Waals surface area contributed by atoms with Gasteiger partial charge in [-0.05, 0) is 43.7 Å². The average molecular weight is 390 g/mol. The van der Waals surface area contributed by atoms with E-state index in [2.05, 4.69) is 22.2 Å². The number of aromatic nitrogens is 2. The number of aryl methyl sites for hydroxylation is 1. The van der Waals surface area contributed by atoms with Gasteiger partial charge in [-0.2, -0.15) is 0 Å². The third kappa shape index (κ3) is 5.54. The molecule has 6 heteroatoms. The lowest BCUT2D eigenvalue weighted by Gasteiger charge is -2.18. The molecule has 0 unspecified atom stereocenters. The third-order valence-corrected chi connectivity index (χ3v) is 4.37. The molecule has 3 rings (SSSR count). The molecule has 0 atom stereocenters. The van der Waals surface area contributed by atoms with Crippen molar-refractivity contribution in [3.05, 3.63) is 72.1 Å². The quantitative estimate of drug-likeness (QED) is 0.582. The number of ether oxygens (including phenoxy) is 1. The summed E-state index contributed by atoms with van der Waals surface area (Å²) in [5, 5.41) is 2.91. The van der Waals surface area contributed by atoms with Gasteiger partial charge in [-0.15, -0.1) is 0 Å². The van der Waals surface area contributed by atoms with Crippen LogP contribution >= 0.6 is 0 Å². The van der Waals surface area contributed by atoms with Crippen molar-refractivity contribution in [3.63, 3.8) is 0 Å². The molecule has 1 heterocycles. The van der Waals surface area contributed by atoms with E-state index in [9.17, 15) is 4.79 Å². The molecule has 1 aromatic heterocycles. The Morgan fingerprint density at radius 3 is 2.55 bits per heavy atom. The highest BCUT2D eigenvalue weighted by Crippen LogP contribution is 2.29. The molecule has 0 bridgehead atoms. The largest absolute Gasteiger partial charge is 0.455 e. The van der Waals surface area contributed by atoms with Gasteiger partial charge in [0.15, 0.2) is 5.75 Å². The van der Waals surface area contributed by atoms with Gasteiger partial charge in [-0.3, -0.25) is 4.79 Å². The number of amides is 1. The molecule has 0 spiro atoms. The summed E-state index contributed by atoms with van der Waals surface area (Å²) in [6, 6.07) is 18.5. The van der Waals surface area contributed by atoms with Crippen molar-refractivity contribution < 1.29 is 9.53 Å². The summed E-state index contributed by atoms with van der Waals surface area (Å²) in [7, 11) is 1.94. The van der Waals surface area contributed by atoms with E-state index in [1.54, 1.807) is 12.1 Å². The summed E-state index contributed by atoms with van der Waals surface area (Å²) in [5.41, 5.74) is 1.65. The maximum absolute atomic E-state index is 12.9. The molecule has 0 saturated carbocycles. The van der Waals surface area contributed by atoms with Crippen LogP contribution in [-0.2, 0) is 0 Å². The number of carbonyl (C=O) groups is 1. The van der Waals surface area contributed by atoms with E-state index in [4.69, 9.17) is 4.74 Å². The molecule has 0 aliphatic heterocycles. The zero-order valence-corrected chi connectivity index (χ0v) is 17.1. The molecule has 3 aromatic rings. The zero-order chi connectivity index (χ0) is 20.6. The van der Waals surface area contributed by atoms with Gasteiger partial charge in [0, 0.05) is 19.3 Å². The monoisotopic (exact) mass is 390 g/mol. The number of hydrogen-bond donors (Lipinski definition) is 1. The number of rotatable bonds is 8. The molecule has 0 saturated heterocycles. The number of nitrogens with one attached hydrogen (secondary N) is 1. The van der Waals surface area contributed by atoms with E-state index in [1.807, 2.05) is 67.4 Å². The highest BCUT2D eigenvalue weighted by atomic mass is 16.5. The number of benzene rings is 2. The van der Waals surface area contributed by atoms with Crippen LogP contribution in [0.4, 0.5) is 11.6 Å². The van der Waals surface area contributed by atoms with Crippen LogP contribution in [0.3, 0.4) is 0 Å². The topological polar surface area (TPSA) is 67.4 Å². The van der Waals surface area contributed by atoms with Gasteiger partial charge in [-0.1, -0.05) is 43.7 Å². The van der Waals surface area contributed by atoms with Gasteiger partial charge < -0.3 is 15.0 Å². The minimum Gasteiger partial charge on any atom is -0.455 e. The number of anilines is 2. The number of carbonyl (C=O) groups excluding carboxylic acids is 1. The van der Waals surface area contributed by atoms with E-state index >= 15 is 0 Å². The maximum atomic E-state index is 12.9. The zero-order valence-electron chi connectivity index (χ0n) is 17.1. The van der Waals surface area contributed by atoms with E-state index in [0.717, 1.165) is 25.1 Å². The third-order valence-electron chi connectivity index (χ3n) is 4.37. The van der Waals surface area contributed by atoms with Crippen molar-refractivity contribution in [2.45, 2.75) is 26.7 Å². The molecular weight excluding hydrogens is 364 g/mol. The van der Waals surface area contributed by atoms with Crippen LogP contribution in [0.5, 0.6) is 11.5 Å². The van der Waals surface area contributed by atoms with E-state index in [-0.39, 0.29) is 5.91 Å². The number of para-hydroxylation sites is 3. The second-order valence-corrected chi connectivity index (χ2v) is 6.84. The van der Waals surface area contributed by atoms with Crippen molar-refractivity contribution >= 4 is 17.5 Å². The predicted molar refractivity (Wildman–Crippen MR) is 116 cm³/mol. The summed E-state index contributed by atoms with van der Waals surface area (Å²) in [6.07, 6.45) is 2.13. The fourth-order valence-corrected chi connectivity index (χ4v) is 2.80. The summed E-state index contributed by atoms with van der Waals surface area (Å²) < 4.78 is 5.92. The standard InChI is InChI=1S/C23H26N4O2/c1-4-5-15-27(3)23-24-17(2)16-20(26-23)22(28)25-19-13-9-10-14-21(19)29-18-11-7-6-8-12-18/h6-14,16H,4-5,15H2,1-3H3,(H,25,28). The minimum absolute atomic E-state index is 0.301. The first-order valence-electron chi connectivity index (χ1n) is 9.77. The fraction of sp³-hybridized carbons (Fsp3) is 0.261. The Labute approximate surface area is 171 Å². The lowest BCUT2D eigenvalue weighted by molar-refractivity contribution is 0.102. The smallest absolute Gasteiger partial charge is 0.274 e. The van der Waals surface area contributed by atoms with Crippen LogP contribution in [0.2, 0.25) is 0 Å². The van der Waals surface area contributed by atoms with Crippen LogP contribution in [0.15, 0.2) is 60.7 Å². The first-order valence-corrected chi connectivity index (χ1v) is 9.77. The Hall–Kier alpha value is -3.41.